The van der Waals surface area contributed by atoms with Crippen molar-refractivity contribution in [3.63, 3.8) is 0 Å². The van der Waals surface area contributed by atoms with E-state index in [9.17, 15) is 4.79 Å². The fourth-order valence-corrected chi connectivity index (χ4v) is 4.46. The number of rotatable bonds is 4. The van der Waals surface area contributed by atoms with E-state index < -0.39 is 0 Å². The Morgan fingerprint density at radius 2 is 1.56 bits per heavy atom. The fourth-order valence-electron chi connectivity index (χ4n) is 3.83. The Bertz CT molecular complexity index is 1150. The van der Waals surface area contributed by atoms with Crippen molar-refractivity contribution in [3.8, 4) is 0 Å². The Kier molecular flexibility index (Phi) is 6.99. The van der Waals surface area contributed by atoms with Crippen LogP contribution < -0.4 is 10.2 Å². The summed E-state index contributed by atoms with van der Waals surface area (Å²) in [6.45, 7) is 5.30. The van der Waals surface area contributed by atoms with E-state index in [1.54, 1.807) is 30.3 Å². The van der Waals surface area contributed by atoms with Crippen molar-refractivity contribution in [2.24, 2.45) is 0 Å². The lowest BCUT2D eigenvalue weighted by Crippen LogP contribution is -2.50. The van der Waals surface area contributed by atoms with Crippen molar-refractivity contribution < 1.29 is 4.79 Å². The molecule has 7 heteroatoms. The van der Waals surface area contributed by atoms with Gasteiger partial charge < -0.3 is 15.1 Å². The lowest BCUT2D eigenvalue weighted by atomic mass is 10.0. The molecule has 4 rings (SSSR count). The van der Waals surface area contributed by atoms with Gasteiger partial charge in [-0.1, -0.05) is 59.6 Å². The first-order chi connectivity index (χ1) is 15.4. The second-order valence-electron chi connectivity index (χ2n) is 7.72. The summed E-state index contributed by atoms with van der Waals surface area (Å²) < 4.78 is 0. The van der Waals surface area contributed by atoms with Gasteiger partial charge in [-0.05, 0) is 55.0 Å². The van der Waals surface area contributed by atoms with Crippen molar-refractivity contribution >= 4 is 57.7 Å². The zero-order valence-corrected chi connectivity index (χ0v) is 20.0. The SMILES string of the molecule is Cc1ccc(Cl)cc1N1CCN(C(=S)Nc2ccc(Cl)cc2C(=O)c2ccccc2)CC1. The molecule has 3 aromatic rings. The summed E-state index contributed by atoms with van der Waals surface area (Å²) in [5.41, 5.74) is 4.12. The molecule has 32 heavy (non-hydrogen) atoms. The summed E-state index contributed by atoms with van der Waals surface area (Å²) in [6.07, 6.45) is 0. The molecule has 4 nitrogen and oxygen atoms in total. The normalized spacial score (nSPS) is 13.7. The van der Waals surface area contributed by atoms with Crippen LogP contribution in [-0.2, 0) is 0 Å². The molecule has 0 bridgehead atoms. The van der Waals surface area contributed by atoms with E-state index in [-0.39, 0.29) is 5.78 Å². The molecule has 0 aromatic heterocycles. The summed E-state index contributed by atoms with van der Waals surface area (Å²) in [4.78, 5) is 17.5. The number of thiocarbonyl (C=S) groups is 1. The van der Waals surface area contributed by atoms with Gasteiger partial charge in [-0.3, -0.25) is 4.79 Å². The predicted octanol–water partition coefficient (Wildman–Crippen LogP) is 6.05. The van der Waals surface area contributed by atoms with Crippen molar-refractivity contribution in [3.05, 3.63) is 93.5 Å². The van der Waals surface area contributed by atoms with Gasteiger partial charge in [-0.25, -0.2) is 0 Å². The number of carbonyl (C=O) groups excluding carboxylic acids is 1. The van der Waals surface area contributed by atoms with Gasteiger partial charge >= 0.3 is 0 Å². The van der Waals surface area contributed by atoms with Gasteiger partial charge in [0.25, 0.3) is 0 Å². The maximum absolute atomic E-state index is 13.1. The minimum atomic E-state index is -0.0975. The van der Waals surface area contributed by atoms with Gasteiger partial charge in [0.2, 0.25) is 0 Å². The van der Waals surface area contributed by atoms with Crippen molar-refractivity contribution in [2.75, 3.05) is 36.4 Å². The topological polar surface area (TPSA) is 35.6 Å². The van der Waals surface area contributed by atoms with Crippen LogP contribution in [-0.4, -0.2) is 42.0 Å². The number of nitrogens with zero attached hydrogens (tertiary/aromatic N) is 2. The molecule has 1 aliphatic rings. The van der Waals surface area contributed by atoms with Crippen LogP contribution in [0.25, 0.3) is 0 Å². The number of hydrogen-bond acceptors (Lipinski definition) is 3. The van der Waals surface area contributed by atoms with Crippen molar-refractivity contribution in [1.82, 2.24) is 4.90 Å². The van der Waals surface area contributed by atoms with Gasteiger partial charge in [0, 0.05) is 53.0 Å². The molecule has 1 saturated heterocycles. The molecule has 0 aliphatic carbocycles. The van der Waals surface area contributed by atoms with Crippen LogP contribution in [0.3, 0.4) is 0 Å². The third-order valence-electron chi connectivity index (χ3n) is 5.58. The number of hydrogen-bond donors (Lipinski definition) is 1. The molecular formula is C25H23Cl2N3OS. The van der Waals surface area contributed by atoms with Gasteiger partial charge in [0.15, 0.2) is 10.9 Å². The molecular weight excluding hydrogens is 461 g/mol. The zero-order valence-electron chi connectivity index (χ0n) is 17.6. The number of benzene rings is 3. The highest BCUT2D eigenvalue weighted by Gasteiger charge is 2.22. The monoisotopic (exact) mass is 483 g/mol. The Labute approximate surface area is 203 Å². The van der Waals surface area contributed by atoms with Gasteiger partial charge in [0.1, 0.15) is 0 Å². The van der Waals surface area contributed by atoms with E-state index in [0.29, 0.717) is 26.9 Å². The molecule has 3 aromatic carbocycles. The minimum Gasteiger partial charge on any atom is -0.368 e. The molecule has 0 saturated carbocycles. The zero-order chi connectivity index (χ0) is 22.7. The van der Waals surface area contributed by atoms with Crippen LogP contribution >= 0.6 is 35.4 Å². The van der Waals surface area contributed by atoms with Gasteiger partial charge in [-0.2, -0.15) is 0 Å². The molecule has 1 heterocycles. The van der Waals surface area contributed by atoms with E-state index in [4.69, 9.17) is 35.4 Å². The maximum atomic E-state index is 13.1. The number of anilines is 2. The third-order valence-corrected chi connectivity index (χ3v) is 6.41. The number of ketones is 1. The first kappa shape index (κ1) is 22.6. The standard InChI is InChI=1S/C25H23Cl2N3OS/c1-17-7-8-20(27)16-23(17)29-11-13-30(14-12-29)25(32)28-22-10-9-19(26)15-21(22)24(31)18-5-3-2-4-6-18/h2-10,15-16H,11-14H2,1H3,(H,28,32). The van der Waals surface area contributed by atoms with Gasteiger partial charge in [-0.15, -0.1) is 0 Å². The molecule has 1 aliphatic heterocycles. The number of nitrogens with one attached hydrogen (secondary N) is 1. The summed E-state index contributed by atoms with van der Waals surface area (Å²) in [6, 6.07) is 20.4. The molecule has 0 spiro atoms. The lowest BCUT2D eigenvalue weighted by Gasteiger charge is -2.38. The van der Waals surface area contributed by atoms with Crippen LogP contribution in [0.4, 0.5) is 11.4 Å². The molecule has 1 fully saturated rings. The highest BCUT2D eigenvalue weighted by Crippen LogP contribution is 2.27. The van der Waals surface area contributed by atoms with Crippen LogP contribution in [0, 0.1) is 6.92 Å². The number of aryl methyl sites for hydroxylation is 1. The fraction of sp³-hybridized carbons (Fsp3) is 0.200. The number of halogens is 2. The molecule has 0 unspecified atom stereocenters. The molecule has 0 amide bonds. The van der Waals surface area contributed by atoms with Crippen LogP contribution in [0.1, 0.15) is 21.5 Å². The summed E-state index contributed by atoms with van der Waals surface area (Å²) in [5.74, 6) is -0.0975. The third kappa shape index (κ3) is 5.07. The van der Waals surface area contributed by atoms with Crippen molar-refractivity contribution in [1.29, 1.82) is 0 Å². The summed E-state index contributed by atoms with van der Waals surface area (Å²) in [7, 11) is 0. The molecule has 0 atom stereocenters. The Morgan fingerprint density at radius 3 is 2.28 bits per heavy atom. The second kappa shape index (κ2) is 9.90. The summed E-state index contributed by atoms with van der Waals surface area (Å²) in [5, 5.41) is 5.11. The highest BCUT2D eigenvalue weighted by atomic mass is 35.5. The van der Waals surface area contributed by atoms with E-state index in [1.165, 1.54) is 5.56 Å². The van der Waals surface area contributed by atoms with E-state index in [1.807, 2.05) is 36.4 Å². The van der Waals surface area contributed by atoms with Crippen molar-refractivity contribution in [2.45, 2.75) is 6.92 Å². The Hall–Kier alpha value is -2.60. The van der Waals surface area contributed by atoms with E-state index >= 15 is 0 Å². The maximum Gasteiger partial charge on any atom is 0.195 e. The van der Waals surface area contributed by atoms with Crippen LogP contribution in [0.5, 0.6) is 0 Å². The smallest absolute Gasteiger partial charge is 0.195 e. The minimum absolute atomic E-state index is 0.0975. The van der Waals surface area contributed by atoms with Gasteiger partial charge in [0.05, 0.1) is 5.69 Å². The van der Waals surface area contributed by atoms with Crippen LogP contribution in [0.2, 0.25) is 10.0 Å². The Balaban J connectivity index is 1.46. The molecule has 164 valence electrons. The second-order valence-corrected chi connectivity index (χ2v) is 8.98. The first-order valence-corrected chi connectivity index (χ1v) is 11.5. The quantitative estimate of drug-likeness (QED) is 0.360. The largest absolute Gasteiger partial charge is 0.368 e. The molecule has 0 radical (unpaired) electrons. The predicted molar refractivity (Wildman–Crippen MR) is 138 cm³/mol. The average Bonchev–Trinajstić information content (AvgIpc) is 2.82. The highest BCUT2D eigenvalue weighted by molar-refractivity contribution is 7.80. The van der Waals surface area contributed by atoms with E-state index in [2.05, 4.69) is 22.0 Å². The Morgan fingerprint density at radius 1 is 0.906 bits per heavy atom. The first-order valence-electron chi connectivity index (χ1n) is 10.4. The lowest BCUT2D eigenvalue weighted by molar-refractivity contribution is 0.103. The molecule has 1 N–H and O–H groups in total. The summed E-state index contributed by atoms with van der Waals surface area (Å²) >= 11 is 18.1. The van der Waals surface area contributed by atoms with E-state index in [0.717, 1.165) is 36.9 Å². The number of piperazine rings is 1. The average molecular weight is 484 g/mol. The van der Waals surface area contributed by atoms with Crippen LogP contribution in [0.15, 0.2) is 66.7 Å². The number of carbonyl (C=O) groups is 1.